The van der Waals surface area contributed by atoms with Gasteiger partial charge in [-0.2, -0.15) is 0 Å². The van der Waals surface area contributed by atoms with E-state index in [0.717, 1.165) is 12.8 Å². The molecule has 5 nitrogen and oxygen atoms in total. The predicted octanol–water partition coefficient (Wildman–Crippen LogP) is 0.486. The summed E-state index contributed by atoms with van der Waals surface area (Å²) in [4.78, 5) is 6.26. The highest BCUT2D eigenvalue weighted by Gasteiger charge is 2.31. The fourth-order valence-corrected chi connectivity index (χ4v) is 2.61. The van der Waals surface area contributed by atoms with Gasteiger partial charge in [0.15, 0.2) is 5.03 Å². The van der Waals surface area contributed by atoms with Crippen molar-refractivity contribution in [1.29, 1.82) is 0 Å². The zero-order chi connectivity index (χ0) is 10.2. The molecule has 1 fully saturated rings. The van der Waals surface area contributed by atoms with E-state index in [-0.39, 0.29) is 11.1 Å². The second kappa shape index (κ2) is 3.36. The van der Waals surface area contributed by atoms with Crippen molar-refractivity contribution in [3.8, 4) is 0 Å². The number of sulfonamides is 1. The van der Waals surface area contributed by atoms with Crippen LogP contribution in [-0.2, 0) is 10.0 Å². The molecule has 1 aliphatic carbocycles. The summed E-state index contributed by atoms with van der Waals surface area (Å²) in [7, 11) is -3.39. The minimum Gasteiger partial charge on any atom is -0.335 e. The molecule has 1 heterocycles. The Bertz CT molecular complexity index is 394. The van der Waals surface area contributed by atoms with Gasteiger partial charge in [0.1, 0.15) is 0 Å². The number of H-pyrrole nitrogens is 1. The molecular weight excluding hydrogens is 202 g/mol. The second-order valence-corrected chi connectivity index (χ2v) is 5.35. The van der Waals surface area contributed by atoms with Gasteiger partial charge in [0.2, 0.25) is 0 Å². The number of rotatable bonds is 4. The summed E-state index contributed by atoms with van der Waals surface area (Å²) in [5.41, 5.74) is 0. The maximum atomic E-state index is 11.7. The molecule has 0 radical (unpaired) electrons. The van der Waals surface area contributed by atoms with Crippen LogP contribution in [0.15, 0.2) is 17.6 Å². The molecule has 1 aromatic rings. The molecule has 1 atom stereocenters. The number of nitrogens with one attached hydrogen (secondary N) is 2. The SMILES string of the molecule is CC(NS(=O)(=O)c1cnc[nH]1)C1CC1. The zero-order valence-corrected chi connectivity index (χ0v) is 8.71. The maximum Gasteiger partial charge on any atom is 0.257 e. The van der Waals surface area contributed by atoms with Crippen molar-refractivity contribution >= 4 is 10.0 Å². The van der Waals surface area contributed by atoms with Crippen LogP contribution in [0.2, 0.25) is 0 Å². The number of hydrogen-bond donors (Lipinski definition) is 2. The molecule has 0 aliphatic heterocycles. The van der Waals surface area contributed by atoms with E-state index >= 15 is 0 Å². The summed E-state index contributed by atoms with van der Waals surface area (Å²) in [6, 6.07) is 0.0169. The van der Waals surface area contributed by atoms with Crippen molar-refractivity contribution in [2.45, 2.75) is 30.8 Å². The average Bonchev–Trinajstić information content (AvgIpc) is 2.80. The van der Waals surface area contributed by atoms with E-state index in [4.69, 9.17) is 0 Å². The minimum absolute atomic E-state index is 0.0169. The van der Waals surface area contributed by atoms with Gasteiger partial charge >= 0.3 is 0 Å². The highest BCUT2D eigenvalue weighted by molar-refractivity contribution is 7.89. The quantitative estimate of drug-likeness (QED) is 0.767. The van der Waals surface area contributed by atoms with E-state index in [0.29, 0.717) is 5.92 Å². The molecule has 1 aromatic heterocycles. The van der Waals surface area contributed by atoms with Gasteiger partial charge in [-0.15, -0.1) is 0 Å². The average molecular weight is 215 g/mol. The molecule has 0 saturated heterocycles. The van der Waals surface area contributed by atoms with Gasteiger partial charge in [-0.05, 0) is 25.7 Å². The first-order valence-corrected chi connectivity index (χ1v) is 6.08. The van der Waals surface area contributed by atoms with Crippen LogP contribution in [0, 0.1) is 5.92 Å². The smallest absolute Gasteiger partial charge is 0.257 e. The van der Waals surface area contributed by atoms with Gasteiger partial charge in [-0.25, -0.2) is 18.1 Å². The van der Waals surface area contributed by atoms with Crippen molar-refractivity contribution in [3.05, 3.63) is 12.5 Å². The summed E-state index contributed by atoms with van der Waals surface area (Å²) < 4.78 is 25.9. The monoisotopic (exact) mass is 215 g/mol. The van der Waals surface area contributed by atoms with Gasteiger partial charge < -0.3 is 4.98 Å². The van der Waals surface area contributed by atoms with Crippen LogP contribution in [0.1, 0.15) is 19.8 Å². The lowest BCUT2D eigenvalue weighted by molar-refractivity contribution is 0.535. The third-order valence-corrected chi connectivity index (χ3v) is 3.92. The lowest BCUT2D eigenvalue weighted by atomic mass is 10.2. The Morgan fingerprint density at radius 3 is 2.86 bits per heavy atom. The molecular formula is C8H13N3O2S. The third-order valence-electron chi connectivity index (χ3n) is 2.43. The molecule has 6 heteroatoms. The van der Waals surface area contributed by atoms with Gasteiger partial charge in [-0.1, -0.05) is 0 Å². The lowest BCUT2D eigenvalue weighted by Crippen LogP contribution is -2.34. The van der Waals surface area contributed by atoms with Crippen LogP contribution in [-0.4, -0.2) is 24.4 Å². The van der Waals surface area contributed by atoms with Crippen molar-refractivity contribution < 1.29 is 8.42 Å². The molecule has 2 N–H and O–H groups in total. The van der Waals surface area contributed by atoms with E-state index in [9.17, 15) is 8.42 Å². The van der Waals surface area contributed by atoms with Crippen LogP contribution < -0.4 is 4.72 Å². The van der Waals surface area contributed by atoms with Crippen molar-refractivity contribution in [3.63, 3.8) is 0 Å². The minimum atomic E-state index is -3.39. The Morgan fingerprint density at radius 1 is 1.64 bits per heavy atom. The molecule has 78 valence electrons. The molecule has 1 saturated carbocycles. The van der Waals surface area contributed by atoms with Gasteiger partial charge in [-0.3, -0.25) is 0 Å². The van der Waals surface area contributed by atoms with E-state index in [1.54, 1.807) is 0 Å². The Labute approximate surface area is 83.0 Å². The largest absolute Gasteiger partial charge is 0.335 e. The Kier molecular flexibility index (Phi) is 2.32. The highest BCUT2D eigenvalue weighted by atomic mass is 32.2. The van der Waals surface area contributed by atoms with Crippen molar-refractivity contribution in [2.75, 3.05) is 0 Å². The van der Waals surface area contributed by atoms with E-state index in [2.05, 4.69) is 14.7 Å². The summed E-state index contributed by atoms with van der Waals surface area (Å²) in [5.74, 6) is 0.507. The molecule has 0 bridgehead atoms. The number of aromatic amines is 1. The molecule has 2 rings (SSSR count). The molecule has 0 spiro atoms. The summed E-state index contributed by atoms with van der Waals surface area (Å²) in [6.07, 6.45) is 4.90. The normalized spacial score (nSPS) is 19.5. The van der Waals surface area contributed by atoms with E-state index < -0.39 is 10.0 Å². The van der Waals surface area contributed by atoms with Crippen LogP contribution in [0.4, 0.5) is 0 Å². The van der Waals surface area contributed by atoms with E-state index in [1.807, 2.05) is 6.92 Å². The first kappa shape index (κ1) is 9.67. The first-order valence-electron chi connectivity index (χ1n) is 4.60. The number of nitrogens with zero attached hydrogens (tertiary/aromatic N) is 1. The topological polar surface area (TPSA) is 74.8 Å². The fraction of sp³-hybridized carbons (Fsp3) is 0.625. The maximum absolute atomic E-state index is 11.7. The number of hydrogen-bond acceptors (Lipinski definition) is 3. The summed E-state index contributed by atoms with van der Waals surface area (Å²) in [5, 5.41) is 0.130. The predicted molar refractivity (Wildman–Crippen MR) is 51.1 cm³/mol. The van der Waals surface area contributed by atoms with Crippen LogP contribution in [0.25, 0.3) is 0 Å². The second-order valence-electron chi connectivity index (χ2n) is 3.66. The third kappa shape index (κ3) is 1.96. The van der Waals surface area contributed by atoms with E-state index in [1.165, 1.54) is 12.5 Å². The van der Waals surface area contributed by atoms with Gasteiger partial charge in [0.25, 0.3) is 10.0 Å². The number of imidazole rings is 1. The molecule has 1 unspecified atom stereocenters. The summed E-state index contributed by atoms with van der Waals surface area (Å²) >= 11 is 0. The van der Waals surface area contributed by atoms with Crippen molar-refractivity contribution in [2.24, 2.45) is 5.92 Å². The molecule has 0 aromatic carbocycles. The molecule has 0 amide bonds. The summed E-state index contributed by atoms with van der Waals surface area (Å²) in [6.45, 7) is 1.89. The van der Waals surface area contributed by atoms with Crippen LogP contribution >= 0.6 is 0 Å². The van der Waals surface area contributed by atoms with Crippen LogP contribution in [0.5, 0.6) is 0 Å². The van der Waals surface area contributed by atoms with Crippen LogP contribution in [0.3, 0.4) is 0 Å². The molecule has 14 heavy (non-hydrogen) atoms. The first-order chi connectivity index (χ1) is 6.59. The lowest BCUT2D eigenvalue weighted by Gasteiger charge is -2.11. The van der Waals surface area contributed by atoms with Gasteiger partial charge in [0.05, 0.1) is 12.5 Å². The standard InChI is InChI=1S/C8H13N3O2S/c1-6(7-2-3-7)11-14(12,13)8-4-9-5-10-8/h4-7,11H,2-3H2,1H3,(H,9,10). The highest BCUT2D eigenvalue weighted by Crippen LogP contribution is 2.32. The zero-order valence-electron chi connectivity index (χ0n) is 7.90. The van der Waals surface area contributed by atoms with Crippen molar-refractivity contribution in [1.82, 2.24) is 14.7 Å². The Morgan fingerprint density at radius 2 is 2.36 bits per heavy atom. The Balaban J connectivity index is 2.09. The fourth-order valence-electron chi connectivity index (χ4n) is 1.39. The molecule has 1 aliphatic rings. The Hall–Kier alpha value is -0.880. The van der Waals surface area contributed by atoms with Gasteiger partial charge in [0, 0.05) is 6.04 Å². The number of aromatic nitrogens is 2.